The third-order valence-corrected chi connectivity index (χ3v) is 3.96. The molecule has 1 N–H and O–H groups in total. The van der Waals surface area contributed by atoms with Gasteiger partial charge in [0.15, 0.2) is 0 Å². The molecule has 0 saturated carbocycles. The molecule has 0 aromatic heterocycles. The highest BCUT2D eigenvalue weighted by molar-refractivity contribution is 5.25. The number of likely N-dealkylation sites (N-methyl/N-ethyl adjacent to an activating group) is 1. The fourth-order valence-corrected chi connectivity index (χ4v) is 2.58. The molecule has 2 heteroatoms. The summed E-state index contributed by atoms with van der Waals surface area (Å²) in [6, 6.07) is 10.4. The van der Waals surface area contributed by atoms with Gasteiger partial charge in [-0.15, -0.1) is 0 Å². The summed E-state index contributed by atoms with van der Waals surface area (Å²) in [5.74, 6) is 0. The van der Waals surface area contributed by atoms with Crippen molar-refractivity contribution >= 4 is 0 Å². The Morgan fingerprint density at radius 2 is 1.88 bits per heavy atom. The van der Waals surface area contributed by atoms with Crippen LogP contribution in [0.5, 0.6) is 0 Å². The van der Waals surface area contributed by atoms with Crippen LogP contribution in [0.25, 0.3) is 0 Å². The zero-order valence-electron chi connectivity index (χ0n) is 11.2. The monoisotopic (exact) mass is 232 g/mol. The Hall–Kier alpha value is -0.860. The lowest BCUT2D eigenvalue weighted by molar-refractivity contribution is 0.110. The molecule has 1 aromatic rings. The normalized spacial score (nSPS) is 18.1. The van der Waals surface area contributed by atoms with Gasteiger partial charge in [-0.2, -0.15) is 0 Å². The first-order valence-corrected chi connectivity index (χ1v) is 6.81. The van der Waals surface area contributed by atoms with E-state index < -0.39 is 0 Å². The predicted octanol–water partition coefficient (Wildman–Crippen LogP) is 2.60. The molecular formula is C15H24N2. The number of hydrogen-bond acceptors (Lipinski definition) is 2. The maximum Gasteiger partial charge on any atom is 0.0351 e. The van der Waals surface area contributed by atoms with Gasteiger partial charge in [0, 0.05) is 25.2 Å². The van der Waals surface area contributed by atoms with E-state index in [0.717, 1.165) is 32.1 Å². The SMILES string of the molecule is CCc1ccc(C(C)N(CC)C2CNC2)cc1. The van der Waals surface area contributed by atoms with Crippen LogP contribution in [0.4, 0.5) is 0 Å². The van der Waals surface area contributed by atoms with Gasteiger partial charge in [0.2, 0.25) is 0 Å². The van der Waals surface area contributed by atoms with Crippen molar-refractivity contribution in [3.8, 4) is 0 Å². The lowest BCUT2D eigenvalue weighted by atomic mass is 10.0. The summed E-state index contributed by atoms with van der Waals surface area (Å²) in [4.78, 5) is 2.59. The molecule has 1 aromatic carbocycles. The molecule has 1 aliphatic heterocycles. The Bertz CT molecular complexity index is 340. The topological polar surface area (TPSA) is 15.3 Å². The smallest absolute Gasteiger partial charge is 0.0351 e. The van der Waals surface area contributed by atoms with Gasteiger partial charge in [-0.3, -0.25) is 4.90 Å². The first-order chi connectivity index (χ1) is 8.26. The van der Waals surface area contributed by atoms with Crippen molar-refractivity contribution in [1.29, 1.82) is 0 Å². The third kappa shape index (κ3) is 2.70. The van der Waals surface area contributed by atoms with E-state index >= 15 is 0 Å². The van der Waals surface area contributed by atoms with E-state index in [2.05, 4.69) is 55.3 Å². The van der Waals surface area contributed by atoms with Crippen molar-refractivity contribution in [3.63, 3.8) is 0 Å². The van der Waals surface area contributed by atoms with Gasteiger partial charge in [-0.05, 0) is 31.0 Å². The average Bonchev–Trinajstić information content (AvgIpc) is 2.32. The second kappa shape index (κ2) is 5.65. The third-order valence-electron chi connectivity index (χ3n) is 3.96. The first-order valence-electron chi connectivity index (χ1n) is 6.81. The Labute approximate surface area is 105 Å². The minimum Gasteiger partial charge on any atom is -0.314 e. The molecule has 0 aliphatic carbocycles. The van der Waals surface area contributed by atoms with E-state index in [1.54, 1.807) is 0 Å². The molecule has 2 rings (SSSR count). The number of nitrogens with zero attached hydrogens (tertiary/aromatic N) is 1. The Morgan fingerprint density at radius 3 is 2.29 bits per heavy atom. The van der Waals surface area contributed by atoms with Gasteiger partial charge in [-0.1, -0.05) is 38.1 Å². The fraction of sp³-hybridized carbons (Fsp3) is 0.600. The van der Waals surface area contributed by atoms with Crippen molar-refractivity contribution in [2.45, 2.75) is 39.3 Å². The summed E-state index contributed by atoms with van der Waals surface area (Å²) in [7, 11) is 0. The van der Waals surface area contributed by atoms with Gasteiger partial charge in [-0.25, -0.2) is 0 Å². The summed E-state index contributed by atoms with van der Waals surface area (Å²) < 4.78 is 0. The van der Waals surface area contributed by atoms with Crippen LogP contribution in [-0.2, 0) is 6.42 Å². The molecule has 1 heterocycles. The van der Waals surface area contributed by atoms with E-state index in [1.165, 1.54) is 11.1 Å². The Morgan fingerprint density at radius 1 is 1.24 bits per heavy atom. The highest BCUT2D eigenvalue weighted by atomic mass is 15.2. The molecule has 94 valence electrons. The molecule has 1 unspecified atom stereocenters. The lowest BCUT2D eigenvalue weighted by Gasteiger charge is -2.41. The van der Waals surface area contributed by atoms with Crippen LogP contribution in [0, 0.1) is 0 Å². The quantitative estimate of drug-likeness (QED) is 0.839. The molecule has 0 radical (unpaired) electrons. The molecule has 1 atom stereocenters. The molecule has 1 saturated heterocycles. The van der Waals surface area contributed by atoms with Crippen LogP contribution in [0.2, 0.25) is 0 Å². The van der Waals surface area contributed by atoms with Crippen molar-refractivity contribution in [2.75, 3.05) is 19.6 Å². The second-order valence-electron chi connectivity index (χ2n) is 4.91. The first kappa shape index (κ1) is 12.6. The number of aryl methyl sites for hydroxylation is 1. The Kier molecular flexibility index (Phi) is 4.19. The second-order valence-corrected chi connectivity index (χ2v) is 4.91. The number of benzene rings is 1. The molecule has 0 spiro atoms. The van der Waals surface area contributed by atoms with Crippen LogP contribution < -0.4 is 5.32 Å². The molecule has 17 heavy (non-hydrogen) atoms. The molecule has 2 nitrogen and oxygen atoms in total. The van der Waals surface area contributed by atoms with Crippen molar-refractivity contribution < 1.29 is 0 Å². The van der Waals surface area contributed by atoms with E-state index in [-0.39, 0.29) is 0 Å². The number of rotatable bonds is 5. The van der Waals surface area contributed by atoms with E-state index in [0.29, 0.717) is 6.04 Å². The van der Waals surface area contributed by atoms with Gasteiger partial charge >= 0.3 is 0 Å². The van der Waals surface area contributed by atoms with Gasteiger partial charge in [0.1, 0.15) is 0 Å². The van der Waals surface area contributed by atoms with Gasteiger partial charge in [0.25, 0.3) is 0 Å². The number of hydrogen-bond donors (Lipinski definition) is 1. The maximum absolute atomic E-state index is 3.36. The summed E-state index contributed by atoms with van der Waals surface area (Å²) in [6.07, 6.45) is 1.12. The molecule has 1 aliphatic rings. The summed E-state index contributed by atoms with van der Waals surface area (Å²) >= 11 is 0. The zero-order chi connectivity index (χ0) is 12.3. The van der Waals surface area contributed by atoms with Crippen LogP contribution in [0.1, 0.15) is 37.9 Å². The highest BCUT2D eigenvalue weighted by Gasteiger charge is 2.27. The molecule has 0 amide bonds. The van der Waals surface area contributed by atoms with Gasteiger partial charge < -0.3 is 5.32 Å². The zero-order valence-corrected chi connectivity index (χ0v) is 11.2. The minimum atomic E-state index is 0.526. The molecular weight excluding hydrogens is 208 g/mol. The van der Waals surface area contributed by atoms with Crippen molar-refractivity contribution in [2.24, 2.45) is 0 Å². The van der Waals surface area contributed by atoms with Crippen molar-refractivity contribution in [1.82, 2.24) is 10.2 Å². The minimum absolute atomic E-state index is 0.526. The predicted molar refractivity (Wildman–Crippen MR) is 73.3 cm³/mol. The maximum atomic E-state index is 3.36. The standard InChI is InChI=1S/C15H24N2/c1-4-13-6-8-14(9-7-13)12(3)17(5-2)15-10-16-11-15/h6-9,12,15-16H,4-5,10-11H2,1-3H3. The largest absolute Gasteiger partial charge is 0.314 e. The Balaban J connectivity index is 2.07. The summed E-state index contributed by atoms with van der Waals surface area (Å²) in [5.41, 5.74) is 2.87. The van der Waals surface area contributed by atoms with Crippen LogP contribution in [-0.4, -0.2) is 30.6 Å². The summed E-state index contributed by atoms with van der Waals surface area (Å²) in [5, 5.41) is 3.36. The highest BCUT2D eigenvalue weighted by Crippen LogP contribution is 2.24. The van der Waals surface area contributed by atoms with E-state index in [4.69, 9.17) is 0 Å². The van der Waals surface area contributed by atoms with Crippen LogP contribution in [0.15, 0.2) is 24.3 Å². The van der Waals surface area contributed by atoms with E-state index in [1.807, 2.05) is 0 Å². The van der Waals surface area contributed by atoms with Crippen LogP contribution >= 0.6 is 0 Å². The van der Waals surface area contributed by atoms with Gasteiger partial charge in [0.05, 0.1) is 0 Å². The number of nitrogens with one attached hydrogen (secondary N) is 1. The van der Waals surface area contributed by atoms with Crippen LogP contribution in [0.3, 0.4) is 0 Å². The average molecular weight is 232 g/mol. The lowest BCUT2D eigenvalue weighted by Crippen LogP contribution is -2.57. The van der Waals surface area contributed by atoms with Crippen molar-refractivity contribution in [3.05, 3.63) is 35.4 Å². The summed E-state index contributed by atoms with van der Waals surface area (Å²) in [6.45, 7) is 10.2. The fourth-order valence-electron chi connectivity index (χ4n) is 2.58. The van der Waals surface area contributed by atoms with E-state index in [9.17, 15) is 0 Å². The molecule has 0 bridgehead atoms. The molecule has 1 fully saturated rings.